The molecular weight excluding hydrogens is 137 g/mol. The van der Waals surface area contributed by atoms with Crippen LogP contribution in [0.5, 0.6) is 0 Å². The fourth-order valence-electron chi connectivity index (χ4n) is 0.483. The smallest absolute Gasteiger partial charge is 0.117 e. The quantitative estimate of drug-likeness (QED) is 0.262. The van der Waals surface area contributed by atoms with Crippen molar-refractivity contribution < 1.29 is 4.84 Å². The van der Waals surface area contributed by atoms with Crippen LogP contribution in [0.2, 0.25) is 5.31 Å². The lowest BCUT2D eigenvalue weighted by Crippen LogP contribution is -2.05. The highest BCUT2D eigenvalue weighted by atomic mass is 16.6. The van der Waals surface area contributed by atoms with E-state index in [1.54, 1.807) is 0 Å². The number of nitrogens with zero attached hydrogens (tertiary/aromatic N) is 1. The van der Waals surface area contributed by atoms with E-state index < -0.39 is 0 Å². The molecule has 2 nitrogen and oxygen atoms in total. The number of oxime groups is 1. The average Bonchev–Trinajstić information content (AvgIpc) is 1.78. The van der Waals surface area contributed by atoms with E-state index in [-0.39, 0.29) is 5.31 Å². The highest BCUT2D eigenvalue weighted by Gasteiger charge is 2.08. The molecule has 0 N–H and O–H groups in total. The van der Waals surface area contributed by atoms with Gasteiger partial charge >= 0.3 is 0 Å². The van der Waals surface area contributed by atoms with E-state index in [4.69, 9.17) is 12.7 Å². The fourth-order valence-corrected chi connectivity index (χ4v) is 0.483. The molecule has 0 spiro atoms. The molecule has 0 fully saturated rings. The maximum atomic E-state index is 5.72. The molecule has 0 rings (SSSR count). The summed E-state index contributed by atoms with van der Waals surface area (Å²) in [5.41, 5.74) is 0.930. The summed E-state index contributed by atoms with van der Waals surface area (Å²) in [5.74, 6) is 0. The maximum absolute atomic E-state index is 5.72. The zero-order valence-electron chi connectivity index (χ0n) is 7.85. The molecule has 0 heterocycles. The third kappa shape index (κ3) is 9.53. The summed E-state index contributed by atoms with van der Waals surface area (Å²) in [5, 5.41) is 3.63. The summed E-state index contributed by atoms with van der Waals surface area (Å²) < 4.78 is 0. The lowest BCUT2D eigenvalue weighted by Gasteiger charge is -2.16. The van der Waals surface area contributed by atoms with Crippen LogP contribution in [0.1, 0.15) is 34.1 Å². The molecule has 0 atom stereocenters. The Morgan fingerprint density at radius 2 is 2.00 bits per heavy atom. The Balaban J connectivity index is 3.36. The van der Waals surface area contributed by atoms with Crippen LogP contribution in [-0.4, -0.2) is 20.2 Å². The zero-order chi connectivity index (χ0) is 8.91. The van der Waals surface area contributed by atoms with Crippen LogP contribution in [0.25, 0.3) is 0 Å². The standard InChI is InChI=1S/C8H16BNO/c1-7(2)10-11-6-5-8(3,4)9/h5-6H2,1-4H3. The van der Waals surface area contributed by atoms with Gasteiger partial charge in [-0.25, -0.2) is 0 Å². The molecule has 0 aliphatic carbocycles. The molecule has 0 saturated heterocycles. The van der Waals surface area contributed by atoms with Gasteiger partial charge in [0.05, 0.1) is 13.6 Å². The van der Waals surface area contributed by atoms with E-state index >= 15 is 0 Å². The largest absolute Gasteiger partial charge is 0.396 e. The van der Waals surface area contributed by atoms with Crippen LogP contribution in [0.3, 0.4) is 0 Å². The van der Waals surface area contributed by atoms with Crippen LogP contribution < -0.4 is 0 Å². The first-order chi connectivity index (χ1) is 4.92. The second-order valence-electron chi connectivity index (χ2n) is 3.61. The minimum absolute atomic E-state index is 0.156. The summed E-state index contributed by atoms with van der Waals surface area (Å²) in [4.78, 5) is 4.98. The topological polar surface area (TPSA) is 21.6 Å². The molecule has 0 aromatic rings. The molecule has 0 unspecified atom stereocenters. The zero-order valence-corrected chi connectivity index (χ0v) is 7.85. The first-order valence-corrected chi connectivity index (χ1v) is 3.84. The van der Waals surface area contributed by atoms with Gasteiger partial charge in [0, 0.05) is 0 Å². The van der Waals surface area contributed by atoms with Crippen molar-refractivity contribution in [3.63, 3.8) is 0 Å². The van der Waals surface area contributed by atoms with Gasteiger partial charge in [0.25, 0.3) is 0 Å². The third-order valence-corrected chi connectivity index (χ3v) is 1.08. The van der Waals surface area contributed by atoms with Crippen molar-refractivity contribution in [2.75, 3.05) is 6.61 Å². The lowest BCUT2D eigenvalue weighted by atomic mass is 9.70. The molecule has 3 heteroatoms. The number of rotatable bonds is 4. The summed E-state index contributed by atoms with van der Waals surface area (Å²) in [6.07, 6.45) is 0.823. The SMILES string of the molecule is [B]C(C)(C)CCON=C(C)C. The van der Waals surface area contributed by atoms with Gasteiger partial charge < -0.3 is 4.84 Å². The normalized spacial score (nSPS) is 10.9. The summed E-state index contributed by atoms with van der Waals surface area (Å²) >= 11 is 0. The van der Waals surface area contributed by atoms with Crippen molar-refractivity contribution in [2.24, 2.45) is 5.16 Å². The Bertz CT molecular complexity index is 134. The number of hydrogen-bond acceptors (Lipinski definition) is 2. The molecule has 62 valence electrons. The predicted octanol–water partition coefficient (Wildman–Crippen LogP) is 2.16. The van der Waals surface area contributed by atoms with E-state index in [0.717, 1.165) is 12.1 Å². The van der Waals surface area contributed by atoms with Gasteiger partial charge in [0.2, 0.25) is 0 Å². The Hall–Kier alpha value is -0.465. The second-order valence-corrected chi connectivity index (χ2v) is 3.61. The van der Waals surface area contributed by atoms with Crippen LogP contribution >= 0.6 is 0 Å². The second kappa shape index (κ2) is 4.42. The van der Waals surface area contributed by atoms with Gasteiger partial charge in [-0.05, 0) is 20.3 Å². The summed E-state index contributed by atoms with van der Waals surface area (Å²) in [6, 6.07) is 0. The van der Waals surface area contributed by atoms with Crippen LogP contribution in [0.15, 0.2) is 5.16 Å². The third-order valence-electron chi connectivity index (χ3n) is 1.08. The van der Waals surface area contributed by atoms with Crippen molar-refractivity contribution in [3.8, 4) is 0 Å². The molecule has 0 bridgehead atoms. The van der Waals surface area contributed by atoms with E-state index in [9.17, 15) is 0 Å². The van der Waals surface area contributed by atoms with Crippen molar-refractivity contribution in [1.29, 1.82) is 0 Å². The van der Waals surface area contributed by atoms with E-state index in [1.807, 2.05) is 27.7 Å². The number of hydrogen-bond donors (Lipinski definition) is 0. The molecule has 0 aromatic heterocycles. The Morgan fingerprint density at radius 3 is 2.36 bits per heavy atom. The first-order valence-electron chi connectivity index (χ1n) is 3.84. The van der Waals surface area contributed by atoms with Gasteiger partial charge in [0.15, 0.2) is 0 Å². The van der Waals surface area contributed by atoms with E-state index in [0.29, 0.717) is 6.61 Å². The minimum Gasteiger partial charge on any atom is -0.396 e. The molecule has 0 aromatic carbocycles. The molecule has 11 heavy (non-hydrogen) atoms. The molecule has 2 radical (unpaired) electrons. The molecule has 0 amide bonds. The molecular formula is C8H16BNO. The minimum atomic E-state index is -0.156. The van der Waals surface area contributed by atoms with Crippen molar-refractivity contribution in [2.45, 2.75) is 39.4 Å². The Kier molecular flexibility index (Phi) is 4.23. The van der Waals surface area contributed by atoms with Crippen LogP contribution in [-0.2, 0) is 4.84 Å². The monoisotopic (exact) mass is 153 g/mol. The maximum Gasteiger partial charge on any atom is 0.117 e. The van der Waals surface area contributed by atoms with E-state index in [1.165, 1.54) is 0 Å². The van der Waals surface area contributed by atoms with Crippen LogP contribution in [0, 0.1) is 0 Å². The lowest BCUT2D eigenvalue weighted by molar-refractivity contribution is 0.134. The van der Waals surface area contributed by atoms with Gasteiger partial charge in [-0.2, -0.15) is 0 Å². The predicted molar refractivity (Wildman–Crippen MR) is 49.1 cm³/mol. The average molecular weight is 153 g/mol. The van der Waals surface area contributed by atoms with E-state index in [2.05, 4.69) is 5.16 Å². The van der Waals surface area contributed by atoms with Gasteiger partial charge in [-0.15, -0.1) is 0 Å². The molecule has 0 aliphatic rings. The van der Waals surface area contributed by atoms with Crippen molar-refractivity contribution in [3.05, 3.63) is 0 Å². The Labute approximate surface area is 70.4 Å². The molecule has 0 saturated carbocycles. The summed E-state index contributed by atoms with van der Waals surface area (Å²) in [7, 11) is 5.72. The van der Waals surface area contributed by atoms with Crippen molar-refractivity contribution in [1.82, 2.24) is 0 Å². The Morgan fingerprint density at radius 1 is 1.45 bits per heavy atom. The summed E-state index contributed by atoms with van der Waals surface area (Å²) in [6.45, 7) is 8.33. The van der Waals surface area contributed by atoms with Crippen molar-refractivity contribution >= 4 is 13.6 Å². The highest BCUT2D eigenvalue weighted by molar-refractivity contribution is 6.14. The fraction of sp³-hybridized carbons (Fsp3) is 0.875. The van der Waals surface area contributed by atoms with Gasteiger partial charge in [0.1, 0.15) is 6.61 Å². The molecule has 0 aliphatic heterocycles. The first kappa shape index (κ1) is 10.5. The highest BCUT2D eigenvalue weighted by Crippen LogP contribution is 2.22. The van der Waals surface area contributed by atoms with Gasteiger partial charge in [-0.3, -0.25) is 0 Å². The van der Waals surface area contributed by atoms with Crippen LogP contribution in [0.4, 0.5) is 0 Å². The van der Waals surface area contributed by atoms with Gasteiger partial charge in [-0.1, -0.05) is 24.3 Å².